The Morgan fingerprint density at radius 3 is 2.92 bits per heavy atom. The van der Waals surface area contributed by atoms with Crippen LogP contribution in [0, 0.1) is 5.82 Å². The number of hydrogen-bond acceptors (Lipinski definition) is 4. The number of carbonyl (C=O) groups is 2. The molecule has 0 radical (unpaired) electrons. The van der Waals surface area contributed by atoms with E-state index in [1.54, 1.807) is 6.07 Å². The molecule has 0 saturated carbocycles. The summed E-state index contributed by atoms with van der Waals surface area (Å²) in [6.45, 7) is 0. The molecule has 0 atom stereocenters. The third-order valence-corrected chi connectivity index (χ3v) is 4.87. The molecule has 0 bridgehead atoms. The molecule has 0 fully saturated rings. The number of fused-ring (bicyclic) bond motifs is 1. The lowest BCUT2D eigenvalue weighted by atomic mass is 9.99. The molecule has 1 aliphatic heterocycles. The van der Waals surface area contributed by atoms with E-state index in [1.807, 2.05) is 23.6 Å². The molecule has 2 aromatic carbocycles. The highest BCUT2D eigenvalue weighted by Gasteiger charge is 2.16. The average Bonchev–Trinajstić information content (AvgIpc) is 3.09. The van der Waals surface area contributed by atoms with Crippen molar-refractivity contribution in [3.8, 4) is 11.3 Å². The summed E-state index contributed by atoms with van der Waals surface area (Å²) in [4.78, 5) is 28.1. The van der Waals surface area contributed by atoms with Gasteiger partial charge in [0.1, 0.15) is 5.82 Å². The molecular formula is C19H14FN3O2S. The minimum absolute atomic E-state index is 0.0289. The number of halogens is 1. The lowest BCUT2D eigenvalue weighted by molar-refractivity contribution is -0.116. The molecule has 3 aromatic rings. The van der Waals surface area contributed by atoms with Gasteiger partial charge in [-0.3, -0.25) is 14.9 Å². The van der Waals surface area contributed by atoms with Crippen molar-refractivity contribution >= 4 is 34.0 Å². The van der Waals surface area contributed by atoms with Crippen molar-refractivity contribution in [1.29, 1.82) is 0 Å². The normalized spacial score (nSPS) is 13.0. The van der Waals surface area contributed by atoms with E-state index < -0.39 is 11.7 Å². The maximum atomic E-state index is 13.2. The van der Waals surface area contributed by atoms with Gasteiger partial charge in [0.2, 0.25) is 5.91 Å². The number of aryl methyl sites for hydroxylation is 1. The van der Waals surface area contributed by atoms with Gasteiger partial charge in [-0.05, 0) is 42.3 Å². The number of hydrogen-bond donors (Lipinski definition) is 2. The van der Waals surface area contributed by atoms with Crippen LogP contribution in [0.25, 0.3) is 11.3 Å². The largest absolute Gasteiger partial charge is 0.326 e. The van der Waals surface area contributed by atoms with Crippen molar-refractivity contribution in [2.45, 2.75) is 12.8 Å². The van der Waals surface area contributed by atoms with E-state index in [-0.39, 0.29) is 11.5 Å². The lowest BCUT2D eigenvalue weighted by Crippen LogP contribution is -2.18. The SMILES string of the molecule is O=C1CCc2cc(-c3csc(NC(=O)c4cccc(F)c4)n3)ccc2N1. The molecule has 26 heavy (non-hydrogen) atoms. The van der Waals surface area contributed by atoms with Gasteiger partial charge in [-0.1, -0.05) is 12.1 Å². The summed E-state index contributed by atoms with van der Waals surface area (Å²) in [6, 6.07) is 11.3. The molecular weight excluding hydrogens is 353 g/mol. The average molecular weight is 367 g/mol. The highest BCUT2D eigenvalue weighted by atomic mass is 32.1. The van der Waals surface area contributed by atoms with E-state index in [0.717, 1.165) is 22.5 Å². The van der Waals surface area contributed by atoms with Gasteiger partial charge >= 0.3 is 0 Å². The number of rotatable bonds is 3. The Labute approximate surface area is 152 Å². The van der Waals surface area contributed by atoms with E-state index in [9.17, 15) is 14.0 Å². The quantitative estimate of drug-likeness (QED) is 0.733. The van der Waals surface area contributed by atoms with E-state index in [4.69, 9.17) is 0 Å². The molecule has 0 aliphatic carbocycles. The predicted molar refractivity (Wildman–Crippen MR) is 98.9 cm³/mol. The summed E-state index contributed by atoms with van der Waals surface area (Å²) in [7, 11) is 0. The van der Waals surface area contributed by atoms with Gasteiger partial charge in [-0.15, -0.1) is 11.3 Å². The number of anilines is 2. The third kappa shape index (κ3) is 3.34. The molecule has 2 amide bonds. The van der Waals surface area contributed by atoms with Gasteiger partial charge in [-0.2, -0.15) is 0 Å². The molecule has 1 aromatic heterocycles. The van der Waals surface area contributed by atoms with Crippen LogP contribution in [-0.4, -0.2) is 16.8 Å². The standard InChI is InChI=1S/C19H14FN3O2S/c20-14-3-1-2-13(9-14)18(25)23-19-22-16(10-26-19)12-4-6-15-11(8-12)5-7-17(24)21-15/h1-4,6,8-10H,5,7H2,(H,21,24)(H,22,23,25). The summed E-state index contributed by atoms with van der Waals surface area (Å²) in [5, 5.41) is 7.83. The maximum Gasteiger partial charge on any atom is 0.257 e. The summed E-state index contributed by atoms with van der Waals surface area (Å²) in [5.74, 6) is -0.835. The molecule has 0 unspecified atom stereocenters. The van der Waals surface area contributed by atoms with Crippen LogP contribution in [0.1, 0.15) is 22.3 Å². The second-order valence-corrected chi connectivity index (χ2v) is 6.78. The second-order valence-electron chi connectivity index (χ2n) is 5.92. The van der Waals surface area contributed by atoms with Crippen LogP contribution in [0.3, 0.4) is 0 Å². The molecule has 2 heterocycles. The van der Waals surface area contributed by atoms with Crippen LogP contribution in [0.2, 0.25) is 0 Å². The van der Waals surface area contributed by atoms with Crippen molar-refractivity contribution in [3.63, 3.8) is 0 Å². The van der Waals surface area contributed by atoms with Crippen LogP contribution in [0.4, 0.5) is 15.2 Å². The van der Waals surface area contributed by atoms with Crippen molar-refractivity contribution in [3.05, 3.63) is 64.8 Å². The molecule has 0 saturated heterocycles. The predicted octanol–water partition coefficient (Wildman–Crippen LogP) is 4.09. The van der Waals surface area contributed by atoms with Crippen molar-refractivity contribution in [2.24, 2.45) is 0 Å². The van der Waals surface area contributed by atoms with Crippen LogP contribution in [-0.2, 0) is 11.2 Å². The van der Waals surface area contributed by atoms with Gasteiger partial charge in [0.05, 0.1) is 5.69 Å². The Kier molecular flexibility index (Phi) is 4.22. The molecule has 2 N–H and O–H groups in total. The number of nitrogens with one attached hydrogen (secondary N) is 2. The molecule has 5 nitrogen and oxygen atoms in total. The first-order chi connectivity index (χ1) is 12.6. The fourth-order valence-electron chi connectivity index (χ4n) is 2.81. The number of benzene rings is 2. The van der Waals surface area contributed by atoms with E-state index >= 15 is 0 Å². The number of aromatic nitrogens is 1. The second kappa shape index (κ2) is 6.68. The summed E-state index contributed by atoms with van der Waals surface area (Å²) >= 11 is 1.30. The maximum absolute atomic E-state index is 13.2. The molecule has 7 heteroatoms. The molecule has 4 rings (SSSR count). The topological polar surface area (TPSA) is 71.1 Å². The minimum atomic E-state index is -0.460. The lowest BCUT2D eigenvalue weighted by Gasteiger charge is -2.17. The van der Waals surface area contributed by atoms with Crippen molar-refractivity contribution in [2.75, 3.05) is 10.6 Å². The monoisotopic (exact) mass is 367 g/mol. The highest BCUT2D eigenvalue weighted by Crippen LogP contribution is 2.30. The van der Waals surface area contributed by atoms with Crippen molar-refractivity contribution < 1.29 is 14.0 Å². The Hall–Kier alpha value is -3.06. The van der Waals surface area contributed by atoms with Gasteiger partial charge in [0.15, 0.2) is 5.13 Å². The first kappa shape index (κ1) is 16.4. The van der Waals surface area contributed by atoms with Crippen molar-refractivity contribution in [1.82, 2.24) is 4.98 Å². The van der Waals surface area contributed by atoms with E-state index in [1.165, 1.54) is 29.5 Å². The number of carbonyl (C=O) groups excluding carboxylic acids is 2. The zero-order chi connectivity index (χ0) is 18.1. The zero-order valence-electron chi connectivity index (χ0n) is 13.6. The summed E-state index contributed by atoms with van der Waals surface area (Å²) in [6.07, 6.45) is 1.17. The Bertz CT molecular complexity index is 1020. The Morgan fingerprint density at radius 1 is 1.19 bits per heavy atom. The Morgan fingerprint density at radius 2 is 2.08 bits per heavy atom. The number of thiazole rings is 1. The van der Waals surface area contributed by atoms with Crippen LogP contribution in [0.15, 0.2) is 47.8 Å². The molecule has 130 valence electrons. The highest BCUT2D eigenvalue weighted by molar-refractivity contribution is 7.14. The summed E-state index contributed by atoms with van der Waals surface area (Å²) in [5.41, 5.74) is 3.80. The smallest absolute Gasteiger partial charge is 0.257 e. The van der Waals surface area contributed by atoms with E-state index in [0.29, 0.717) is 18.0 Å². The van der Waals surface area contributed by atoms with Gasteiger partial charge in [-0.25, -0.2) is 9.37 Å². The number of nitrogens with zero attached hydrogens (tertiary/aromatic N) is 1. The molecule has 1 aliphatic rings. The van der Waals surface area contributed by atoms with Gasteiger partial charge in [0, 0.05) is 28.6 Å². The van der Waals surface area contributed by atoms with Crippen LogP contribution < -0.4 is 10.6 Å². The first-order valence-electron chi connectivity index (χ1n) is 8.04. The van der Waals surface area contributed by atoms with Crippen LogP contribution in [0.5, 0.6) is 0 Å². The van der Waals surface area contributed by atoms with Crippen LogP contribution >= 0.6 is 11.3 Å². The minimum Gasteiger partial charge on any atom is -0.326 e. The molecule has 0 spiro atoms. The fourth-order valence-corrected chi connectivity index (χ4v) is 3.52. The summed E-state index contributed by atoms with van der Waals surface area (Å²) < 4.78 is 13.2. The number of amides is 2. The zero-order valence-corrected chi connectivity index (χ0v) is 14.4. The van der Waals surface area contributed by atoms with Gasteiger partial charge in [0.25, 0.3) is 5.91 Å². The third-order valence-electron chi connectivity index (χ3n) is 4.11. The first-order valence-corrected chi connectivity index (χ1v) is 8.92. The van der Waals surface area contributed by atoms with Gasteiger partial charge < -0.3 is 5.32 Å². The fraction of sp³-hybridized carbons (Fsp3) is 0.105. The Balaban J connectivity index is 1.53. The van der Waals surface area contributed by atoms with E-state index in [2.05, 4.69) is 15.6 Å².